The van der Waals surface area contributed by atoms with Gasteiger partial charge >= 0.3 is 5.97 Å². The Morgan fingerprint density at radius 2 is 1.63 bits per heavy atom. The fraction of sp³-hybridized carbons (Fsp3) is 0.432. The number of carbonyl (C=O) groups excluding carboxylic acids is 6. The first kappa shape index (κ1) is 47.0. The van der Waals surface area contributed by atoms with Crippen molar-refractivity contribution in [3.8, 4) is 0 Å². The number of pyridine rings is 1. The molecule has 0 spiro atoms. The van der Waals surface area contributed by atoms with E-state index in [1.807, 2.05) is 66.7 Å². The molecule has 5 amide bonds. The molecular weight excluding hydrogens is 805 g/mol. The molecule has 2 heterocycles. The Hall–Kier alpha value is -6.05. The maximum absolute atomic E-state index is 13.2. The topological polar surface area (TPSA) is 267 Å². The number of rotatable bonds is 21. The number of hydrogen-bond donors (Lipinski definition) is 7. The summed E-state index contributed by atoms with van der Waals surface area (Å²) in [5, 5.41) is 33.2. The van der Waals surface area contributed by atoms with E-state index >= 15 is 0 Å². The molecule has 1 aliphatic heterocycles. The minimum Gasteiger partial charge on any atom is -0.466 e. The monoisotopic (exact) mass is 858 g/mol. The highest BCUT2D eigenvalue weighted by Gasteiger charge is 2.48. The maximum Gasteiger partial charge on any atom is 0.305 e. The molecule has 0 radical (unpaired) electrons. The van der Waals surface area contributed by atoms with Gasteiger partial charge in [0.25, 0.3) is 5.91 Å². The van der Waals surface area contributed by atoms with Crippen LogP contribution in [0.15, 0.2) is 78.9 Å². The average molecular weight is 859 g/mol. The third-order valence-electron chi connectivity index (χ3n) is 10.2. The number of esters is 1. The van der Waals surface area contributed by atoms with E-state index in [4.69, 9.17) is 24.7 Å². The van der Waals surface area contributed by atoms with Gasteiger partial charge in [-0.1, -0.05) is 60.7 Å². The number of nitrogens with one attached hydrogen (secondary N) is 4. The van der Waals surface area contributed by atoms with Gasteiger partial charge in [0.2, 0.25) is 23.6 Å². The van der Waals surface area contributed by atoms with Crippen molar-refractivity contribution in [3.05, 3.63) is 90.0 Å². The second kappa shape index (κ2) is 22.7. The smallest absolute Gasteiger partial charge is 0.305 e. The van der Waals surface area contributed by atoms with Gasteiger partial charge in [0.1, 0.15) is 42.5 Å². The van der Waals surface area contributed by atoms with Gasteiger partial charge in [0, 0.05) is 30.7 Å². The lowest BCUT2D eigenvalue weighted by Crippen LogP contribution is -2.66. The Balaban J connectivity index is 1.04. The van der Waals surface area contributed by atoms with Crippen LogP contribution in [0.25, 0.3) is 21.8 Å². The van der Waals surface area contributed by atoms with E-state index in [0.29, 0.717) is 30.5 Å². The lowest BCUT2D eigenvalue weighted by Gasteiger charge is -2.44. The molecule has 1 fully saturated rings. The van der Waals surface area contributed by atoms with Crippen LogP contribution in [-0.2, 0) is 49.5 Å². The molecule has 18 nitrogen and oxygen atoms in total. The normalized spacial score (nSPS) is 20.0. The van der Waals surface area contributed by atoms with Crippen molar-refractivity contribution in [3.63, 3.8) is 0 Å². The predicted octanol–water partition coefficient (Wildman–Crippen LogP) is 1.27. The molecule has 5 rings (SSSR count). The predicted molar refractivity (Wildman–Crippen MR) is 225 cm³/mol. The molecule has 3 aromatic carbocycles. The number of benzene rings is 3. The zero-order valence-corrected chi connectivity index (χ0v) is 34.8. The fourth-order valence-electron chi connectivity index (χ4n) is 6.82. The van der Waals surface area contributed by atoms with E-state index in [1.165, 1.54) is 20.8 Å². The summed E-state index contributed by atoms with van der Waals surface area (Å²) in [6.45, 7) is 3.79. The van der Waals surface area contributed by atoms with Crippen molar-refractivity contribution in [2.45, 2.75) is 102 Å². The molecule has 1 unspecified atom stereocenters. The van der Waals surface area contributed by atoms with Crippen molar-refractivity contribution in [2.24, 2.45) is 5.73 Å². The number of para-hydroxylation sites is 2. The van der Waals surface area contributed by atoms with Crippen molar-refractivity contribution in [2.75, 3.05) is 19.8 Å². The van der Waals surface area contributed by atoms with Crippen molar-refractivity contribution < 1.29 is 57.9 Å². The number of primary amides is 1. The number of nitrogens with zero attached hydrogens (tertiary/aromatic N) is 1. The molecular formula is C44H54N6O12. The second-order valence-electron chi connectivity index (χ2n) is 15.0. The summed E-state index contributed by atoms with van der Waals surface area (Å²) in [7, 11) is 0. The maximum atomic E-state index is 13.2. The lowest BCUT2D eigenvalue weighted by molar-refractivity contribution is -0.283. The number of ether oxygens (including phenoxy) is 4. The molecule has 8 atom stereocenters. The quantitative estimate of drug-likeness (QED) is 0.0354. The first-order chi connectivity index (χ1) is 29.7. The number of aromatic nitrogens is 1. The van der Waals surface area contributed by atoms with Crippen LogP contribution >= 0.6 is 0 Å². The summed E-state index contributed by atoms with van der Waals surface area (Å²) in [6.07, 6.45) is -5.92. The van der Waals surface area contributed by atoms with Crippen LogP contribution in [0.2, 0.25) is 0 Å². The largest absolute Gasteiger partial charge is 0.466 e. The molecule has 4 aromatic rings. The Labute approximate surface area is 358 Å². The van der Waals surface area contributed by atoms with E-state index in [2.05, 4.69) is 26.3 Å². The number of aliphatic hydroxyl groups excluding tert-OH is 2. The van der Waals surface area contributed by atoms with Crippen LogP contribution in [0.3, 0.4) is 0 Å². The Bertz CT molecular complexity index is 2190. The number of hydrogen-bond acceptors (Lipinski definition) is 13. The minimum absolute atomic E-state index is 0.0614. The highest BCUT2D eigenvalue weighted by atomic mass is 16.7. The Morgan fingerprint density at radius 3 is 2.35 bits per heavy atom. The van der Waals surface area contributed by atoms with E-state index in [9.17, 15) is 39.0 Å². The molecule has 62 heavy (non-hydrogen) atoms. The van der Waals surface area contributed by atoms with Gasteiger partial charge in [-0.15, -0.1) is 0 Å². The molecule has 8 N–H and O–H groups in total. The SMILES string of the molecule is CC(=O)N[C@H]1[C@@H](OCc2ccccc2)O[C@H](CO)[C@@H](O)[C@@H]1OC(C)C(=O)N[C@@H](C)C(=O)N[C@H](CCC(=O)OCCCCNC(=O)c1cccc2cc3ccccc3nc12)C(N)=O. The van der Waals surface area contributed by atoms with Crippen molar-refractivity contribution in [1.29, 1.82) is 0 Å². The highest BCUT2D eigenvalue weighted by Crippen LogP contribution is 2.27. The zero-order chi connectivity index (χ0) is 44.8. The summed E-state index contributed by atoms with van der Waals surface area (Å²) in [4.78, 5) is 80.8. The zero-order valence-electron chi connectivity index (χ0n) is 34.8. The molecule has 0 saturated carbocycles. The highest BCUT2D eigenvalue weighted by molar-refractivity contribution is 6.07. The number of amides is 5. The van der Waals surface area contributed by atoms with Gasteiger partial charge in [-0.3, -0.25) is 28.8 Å². The van der Waals surface area contributed by atoms with E-state index in [-0.39, 0.29) is 32.0 Å². The Morgan fingerprint density at radius 1 is 0.903 bits per heavy atom. The van der Waals surface area contributed by atoms with Crippen LogP contribution in [0.1, 0.15) is 62.4 Å². The van der Waals surface area contributed by atoms with Crippen LogP contribution in [0.4, 0.5) is 0 Å². The third-order valence-corrected chi connectivity index (χ3v) is 10.2. The van der Waals surface area contributed by atoms with Gasteiger partial charge in [-0.05, 0) is 56.9 Å². The number of carbonyl (C=O) groups is 6. The van der Waals surface area contributed by atoms with E-state index in [0.717, 1.165) is 21.9 Å². The number of unbranched alkanes of at least 4 members (excludes halogenated alkanes) is 1. The second-order valence-corrected chi connectivity index (χ2v) is 15.0. The average Bonchev–Trinajstić information content (AvgIpc) is 3.25. The van der Waals surface area contributed by atoms with Gasteiger partial charge in [0.05, 0.1) is 36.4 Å². The van der Waals surface area contributed by atoms with Crippen LogP contribution < -0.4 is 27.0 Å². The van der Waals surface area contributed by atoms with Crippen LogP contribution in [0.5, 0.6) is 0 Å². The van der Waals surface area contributed by atoms with E-state index < -0.39 is 85.0 Å². The van der Waals surface area contributed by atoms with Crippen molar-refractivity contribution >= 4 is 57.3 Å². The molecule has 1 saturated heterocycles. The fourth-order valence-corrected chi connectivity index (χ4v) is 6.82. The molecule has 0 aliphatic carbocycles. The van der Waals surface area contributed by atoms with Gasteiger partial charge in [0.15, 0.2) is 6.29 Å². The van der Waals surface area contributed by atoms with Gasteiger partial charge in [-0.25, -0.2) is 4.98 Å². The molecule has 0 bridgehead atoms. The lowest BCUT2D eigenvalue weighted by atomic mass is 9.96. The summed E-state index contributed by atoms with van der Waals surface area (Å²) in [6, 6.07) is 20.6. The first-order valence-corrected chi connectivity index (χ1v) is 20.4. The van der Waals surface area contributed by atoms with E-state index in [1.54, 1.807) is 12.1 Å². The number of aliphatic hydroxyl groups is 2. The summed E-state index contributed by atoms with van der Waals surface area (Å²) < 4.78 is 22.9. The van der Waals surface area contributed by atoms with Crippen LogP contribution in [0, 0.1) is 0 Å². The molecule has 1 aromatic heterocycles. The number of fused-ring (bicyclic) bond motifs is 2. The Kier molecular flexibility index (Phi) is 17.2. The molecule has 332 valence electrons. The summed E-state index contributed by atoms with van der Waals surface area (Å²) >= 11 is 0. The minimum atomic E-state index is -1.50. The van der Waals surface area contributed by atoms with Crippen LogP contribution in [-0.4, -0.2) is 119 Å². The summed E-state index contributed by atoms with van der Waals surface area (Å²) in [5.41, 5.74) is 8.14. The van der Waals surface area contributed by atoms with Crippen molar-refractivity contribution in [1.82, 2.24) is 26.3 Å². The number of nitrogens with two attached hydrogens (primary N) is 1. The first-order valence-electron chi connectivity index (χ1n) is 20.4. The molecule has 18 heteroatoms. The molecule has 1 aliphatic rings. The standard InChI is InChI=1S/C44H54N6O12/c1-25(47-42(57)26(2)61-39-37(48-27(3)52)44(62-34(23-51)38(39)54)60-24-28-12-5-4-6-13-28)41(56)50-33(40(45)55)18-19-35(53)59-21-10-9-20-46-43(58)31-16-11-15-30-22-29-14-7-8-17-32(29)49-36(30)31/h4-8,11-17,22,25-26,33-34,37-39,44,51,54H,9-10,18-21,23-24H2,1-3H3,(H2,45,55)(H,46,58)(H,47,57)(H,48,52)(H,50,56)/t25-,26?,33+,34+,37+,38+,39+,44-/m0/s1. The summed E-state index contributed by atoms with van der Waals surface area (Å²) in [5.74, 6) is -3.87. The third kappa shape index (κ3) is 13.0. The van der Waals surface area contributed by atoms with Gasteiger partial charge < -0.3 is 56.2 Å². The van der Waals surface area contributed by atoms with Gasteiger partial charge in [-0.2, -0.15) is 0 Å².